The van der Waals surface area contributed by atoms with Crippen LogP contribution in [0.4, 0.5) is 0 Å². The van der Waals surface area contributed by atoms with Crippen LogP contribution in [-0.4, -0.2) is 37.8 Å². The summed E-state index contributed by atoms with van der Waals surface area (Å²) in [5.41, 5.74) is 0. The Labute approximate surface area is 144 Å². The summed E-state index contributed by atoms with van der Waals surface area (Å²) in [6, 6.07) is 20.2. The topological polar surface area (TPSA) is 58.9 Å². The summed E-state index contributed by atoms with van der Waals surface area (Å²) in [5, 5.41) is 20.5. The number of aliphatic hydroxyl groups is 2. The second-order valence-corrected chi connectivity index (χ2v) is 11.1. The summed E-state index contributed by atoms with van der Waals surface area (Å²) in [6.07, 6.45) is -0.955. The minimum absolute atomic E-state index is 0.0685. The third-order valence-electron chi connectivity index (χ3n) is 4.07. The molecule has 2 rings (SSSR count). The average molecular weight is 346 g/mol. The summed E-state index contributed by atoms with van der Waals surface area (Å²) >= 11 is 0. The van der Waals surface area contributed by atoms with Crippen LogP contribution < -0.4 is 10.4 Å². The van der Waals surface area contributed by atoms with Crippen LogP contribution in [0.25, 0.3) is 0 Å². The zero-order valence-corrected chi connectivity index (χ0v) is 15.5. The molecule has 2 N–H and O–H groups in total. The van der Waals surface area contributed by atoms with Gasteiger partial charge < -0.3 is 10.2 Å². The van der Waals surface area contributed by atoms with Crippen molar-refractivity contribution in [3.05, 3.63) is 60.7 Å². The van der Waals surface area contributed by atoms with Gasteiger partial charge in [0.25, 0.3) is 0 Å². The first-order valence-electron chi connectivity index (χ1n) is 8.12. The fraction of sp³-hybridized carbons (Fsp3) is 0.368. The van der Waals surface area contributed by atoms with Gasteiger partial charge in [0, 0.05) is 0 Å². The van der Waals surface area contributed by atoms with E-state index in [2.05, 4.69) is 45.0 Å². The Morgan fingerprint density at radius 2 is 1.38 bits per heavy atom. The average Bonchev–Trinajstić information content (AvgIpc) is 2.59. The zero-order chi connectivity index (χ0) is 17.6. The van der Waals surface area contributed by atoms with E-state index >= 15 is 0 Å². The highest BCUT2D eigenvalue weighted by atomic mass is 28.4. The molecule has 24 heavy (non-hydrogen) atoms. The molecule has 0 aliphatic heterocycles. The van der Waals surface area contributed by atoms with Crippen molar-refractivity contribution in [1.82, 2.24) is 0 Å². The maximum absolute atomic E-state index is 9.56. The van der Waals surface area contributed by atoms with Crippen molar-refractivity contribution in [3.63, 3.8) is 0 Å². The molecule has 0 saturated heterocycles. The quantitative estimate of drug-likeness (QED) is 0.456. The minimum atomic E-state index is -2.74. The predicted molar refractivity (Wildman–Crippen MR) is 97.8 cm³/mol. The first-order chi connectivity index (χ1) is 11.4. The highest BCUT2D eigenvalue weighted by molar-refractivity contribution is 6.99. The van der Waals surface area contributed by atoms with Crippen LogP contribution in [0.1, 0.15) is 20.8 Å². The summed E-state index contributed by atoms with van der Waals surface area (Å²) < 4.78 is 6.11. The summed E-state index contributed by atoms with van der Waals surface area (Å²) in [6.45, 7) is 6.01. The van der Waals surface area contributed by atoms with E-state index in [0.29, 0.717) is 0 Å². The van der Waals surface area contributed by atoms with E-state index in [-0.39, 0.29) is 18.3 Å². The molecular formula is C19H26O4Si. The third kappa shape index (κ3) is 3.94. The number of hydrogen-bond donors (Lipinski definition) is 2. The molecule has 0 radical (unpaired) electrons. The van der Waals surface area contributed by atoms with E-state index in [4.69, 9.17) is 14.6 Å². The van der Waals surface area contributed by atoms with Crippen LogP contribution in [0.3, 0.4) is 0 Å². The summed E-state index contributed by atoms with van der Waals surface area (Å²) in [4.78, 5) is 5.44. The molecule has 0 fully saturated rings. The van der Waals surface area contributed by atoms with Crippen LogP contribution >= 0.6 is 0 Å². The number of rotatable bonds is 7. The highest BCUT2D eigenvalue weighted by Crippen LogP contribution is 2.36. The van der Waals surface area contributed by atoms with Gasteiger partial charge in [0.2, 0.25) is 0 Å². The van der Waals surface area contributed by atoms with Gasteiger partial charge in [-0.15, -0.1) is 0 Å². The van der Waals surface area contributed by atoms with Crippen molar-refractivity contribution in [2.24, 2.45) is 0 Å². The highest BCUT2D eigenvalue weighted by Gasteiger charge is 2.52. The fourth-order valence-corrected chi connectivity index (χ4v) is 6.93. The molecule has 0 amide bonds. The minimum Gasteiger partial charge on any atom is -0.394 e. The van der Waals surface area contributed by atoms with E-state index in [0.717, 1.165) is 10.4 Å². The third-order valence-corrected chi connectivity index (χ3v) is 8.84. The molecule has 130 valence electrons. The molecule has 4 nitrogen and oxygen atoms in total. The lowest BCUT2D eigenvalue weighted by atomic mass is 10.2. The summed E-state index contributed by atoms with van der Waals surface area (Å²) in [7, 11) is -2.74. The first kappa shape index (κ1) is 18.8. The molecule has 0 aromatic heterocycles. The van der Waals surface area contributed by atoms with Gasteiger partial charge in [-0.1, -0.05) is 81.4 Å². The molecule has 2 aromatic rings. The number of hydrogen-bond acceptors (Lipinski definition) is 4. The predicted octanol–water partition coefficient (Wildman–Crippen LogP) is 1.85. The lowest BCUT2D eigenvalue weighted by Crippen LogP contribution is -2.66. The van der Waals surface area contributed by atoms with Gasteiger partial charge in [0.1, 0.15) is 12.7 Å². The standard InChI is InChI=1S/C19H26O4Si/c1-19(2,3)24(17-10-6-4-7-11-17,18-12-8-5-9-13-18)23-22-15-16(21)14-20/h4-13,16,20-21H,14-15H2,1-3H3. The van der Waals surface area contributed by atoms with E-state index in [1.54, 1.807) is 0 Å². The maximum Gasteiger partial charge on any atom is 0.305 e. The maximum atomic E-state index is 9.56. The van der Waals surface area contributed by atoms with Gasteiger partial charge in [-0.05, 0) is 15.4 Å². The fourth-order valence-electron chi connectivity index (χ4n) is 2.85. The Morgan fingerprint density at radius 3 is 1.75 bits per heavy atom. The van der Waals surface area contributed by atoms with Gasteiger partial charge in [0.05, 0.1) is 6.61 Å². The molecule has 1 unspecified atom stereocenters. The van der Waals surface area contributed by atoms with Crippen molar-refractivity contribution in [2.45, 2.75) is 31.9 Å². The zero-order valence-electron chi connectivity index (χ0n) is 14.5. The molecule has 0 bridgehead atoms. The lowest BCUT2D eigenvalue weighted by Gasteiger charge is -2.41. The van der Waals surface area contributed by atoms with Gasteiger partial charge in [-0.25, -0.2) is 4.89 Å². The van der Waals surface area contributed by atoms with Crippen LogP contribution in [0.15, 0.2) is 60.7 Å². The van der Waals surface area contributed by atoms with Crippen molar-refractivity contribution in [2.75, 3.05) is 13.2 Å². The van der Waals surface area contributed by atoms with E-state index in [1.807, 2.05) is 36.4 Å². The van der Waals surface area contributed by atoms with Crippen molar-refractivity contribution >= 4 is 18.7 Å². The second kappa shape index (κ2) is 8.05. The summed E-state index contributed by atoms with van der Waals surface area (Å²) in [5.74, 6) is 0. The van der Waals surface area contributed by atoms with Crippen LogP contribution in [0.2, 0.25) is 5.04 Å². The largest absolute Gasteiger partial charge is 0.394 e. The van der Waals surface area contributed by atoms with E-state index in [9.17, 15) is 5.11 Å². The molecule has 0 heterocycles. The van der Waals surface area contributed by atoms with Gasteiger partial charge >= 0.3 is 8.32 Å². The molecule has 0 aliphatic rings. The Balaban J connectivity index is 2.49. The van der Waals surface area contributed by atoms with E-state index < -0.39 is 14.4 Å². The molecule has 0 saturated carbocycles. The first-order valence-corrected chi connectivity index (χ1v) is 10.0. The van der Waals surface area contributed by atoms with Crippen LogP contribution in [-0.2, 0) is 9.46 Å². The van der Waals surface area contributed by atoms with Crippen molar-refractivity contribution < 1.29 is 19.7 Å². The Kier molecular flexibility index (Phi) is 6.32. The number of benzene rings is 2. The van der Waals surface area contributed by atoms with Gasteiger partial charge in [0.15, 0.2) is 0 Å². The van der Waals surface area contributed by atoms with Crippen molar-refractivity contribution in [1.29, 1.82) is 0 Å². The lowest BCUT2D eigenvalue weighted by molar-refractivity contribution is -0.236. The normalized spacial score (nSPS) is 13.7. The van der Waals surface area contributed by atoms with Gasteiger partial charge in [-0.2, -0.15) is 0 Å². The molecule has 0 spiro atoms. The molecule has 5 heteroatoms. The monoisotopic (exact) mass is 346 g/mol. The van der Waals surface area contributed by atoms with Gasteiger partial charge in [-0.3, -0.25) is 4.58 Å². The number of aliphatic hydroxyl groups excluding tert-OH is 2. The molecule has 1 atom stereocenters. The Morgan fingerprint density at radius 1 is 0.917 bits per heavy atom. The van der Waals surface area contributed by atoms with Crippen LogP contribution in [0.5, 0.6) is 0 Å². The van der Waals surface area contributed by atoms with Crippen LogP contribution in [0, 0.1) is 0 Å². The smallest absolute Gasteiger partial charge is 0.305 e. The van der Waals surface area contributed by atoms with Crippen molar-refractivity contribution in [3.8, 4) is 0 Å². The molecular weight excluding hydrogens is 320 g/mol. The molecule has 2 aromatic carbocycles. The Hall–Kier alpha value is -1.50. The second-order valence-electron chi connectivity index (χ2n) is 6.87. The SMILES string of the molecule is CC(C)(C)[Si](OOCC(O)CO)(c1ccccc1)c1ccccc1. The van der Waals surface area contributed by atoms with E-state index in [1.165, 1.54) is 0 Å². The molecule has 0 aliphatic carbocycles. The Bertz CT molecular complexity index is 571.